The van der Waals surface area contributed by atoms with Crippen molar-refractivity contribution >= 4 is 10.1 Å². The number of aliphatic hydroxyl groups excluding tert-OH is 1. The van der Waals surface area contributed by atoms with Gasteiger partial charge >= 0.3 is 51.4 Å². The normalized spacial score (nSPS) is 14.3. The van der Waals surface area contributed by atoms with E-state index in [-0.39, 0.29) is 57.5 Å². The molecule has 0 aromatic rings. The molecule has 0 aliphatic heterocycles. The molecule has 2 unspecified atom stereocenters. The molecule has 0 heterocycles. The van der Waals surface area contributed by atoms with Crippen LogP contribution in [0.15, 0.2) is 0 Å². The summed E-state index contributed by atoms with van der Waals surface area (Å²) in [7, 11) is -4.14. The fourth-order valence-electron chi connectivity index (χ4n) is 2.73. The first-order chi connectivity index (χ1) is 10.4. The molecule has 0 aromatic heterocycles. The minimum atomic E-state index is -4.14. The molecule has 0 saturated heterocycles. The second-order valence-corrected chi connectivity index (χ2v) is 8.05. The van der Waals surface area contributed by atoms with Gasteiger partial charge < -0.3 is 9.66 Å². The largest absolute Gasteiger partial charge is 1.00 e. The molecule has 0 aliphatic rings. The third kappa shape index (κ3) is 16.7. The summed E-state index contributed by atoms with van der Waals surface area (Å²) in [5.74, 6) is 0. The van der Waals surface area contributed by atoms with Crippen molar-refractivity contribution in [2.75, 3.05) is 0 Å². The first-order valence-corrected chi connectivity index (χ1v) is 10.5. The molecule has 0 aliphatic carbocycles. The Hall–Kier alpha value is 1.51. The van der Waals surface area contributed by atoms with Crippen LogP contribution in [0.3, 0.4) is 0 Å². The molecule has 0 bridgehead atoms. The van der Waals surface area contributed by atoms with Crippen molar-refractivity contribution in [1.29, 1.82) is 0 Å². The van der Waals surface area contributed by atoms with E-state index in [0.29, 0.717) is 12.8 Å². The molecule has 0 fully saturated rings. The standard InChI is InChI=1S/C17H36O4S.K/c1-3-5-12-16(18)13-10-8-7-9-11-15-17(14-6-4-2)22(19,20)21;/h16-18H,3-15H2,1-2H3,(H,19,20,21);/q;+1/p-1. The zero-order chi connectivity index (χ0) is 16.8. The van der Waals surface area contributed by atoms with Crippen molar-refractivity contribution < 1.29 is 69.5 Å². The summed E-state index contributed by atoms with van der Waals surface area (Å²) in [5, 5.41) is 9.03. The third-order valence-corrected chi connectivity index (χ3v) is 5.53. The Kier molecular flexibility index (Phi) is 19.7. The molecule has 0 amide bonds. The Labute approximate surface area is 186 Å². The minimum absolute atomic E-state index is 0. The van der Waals surface area contributed by atoms with Gasteiger partial charge in [0.15, 0.2) is 0 Å². The molecule has 0 rings (SSSR count). The smallest absolute Gasteiger partial charge is 0.748 e. The molecule has 134 valence electrons. The zero-order valence-electron chi connectivity index (χ0n) is 15.4. The Morgan fingerprint density at radius 1 is 0.783 bits per heavy atom. The molecular weight excluding hydrogens is 339 g/mol. The van der Waals surface area contributed by atoms with Crippen molar-refractivity contribution in [3.63, 3.8) is 0 Å². The molecule has 1 N–H and O–H groups in total. The molecule has 4 nitrogen and oxygen atoms in total. The number of hydrogen-bond acceptors (Lipinski definition) is 4. The van der Waals surface area contributed by atoms with Gasteiger partial charge in [-0.3, -0.25) is 0 Å². The van der Waals surface area contributed by atoms with Gasteiger partial charge in [0.1, 0.15) is 0 Å². The van der Waals surface area contributed by atoms with Crippen LogP contribution in [-0.2, 0) is 10.1 Å². The first kappa shape index (κ1) is 26.7. The van der Waals surface area contributed by atoms with Gasteiger partial charge in [0.25, 0.3) is 0 Å². The summed E-state index contributed by atoms with van der Waals surface area (Å²) in [4.78, 5) is 0. The van der Waals surface area contributed by atoms with Crippen LogP contribution in [0.5, 0.6) is 0 Å². The van der Waals surface area contributed by atoms with Gasteiger partial charge in [0.05, 0.1) is 16.2 Å². The Morgan fingerprint density at radius 2 is 1.17 bits per heavy atom. The van der Waals surface area contributed by atoms with Gasteiger partial charge in [0, 0.05) is 5.25 Å². The van der Waals surface area contributed by atoms with Crippen molar-refractivity contribution in [3.05, 3.63) is 0 Å². The van der Waals surface area contributed by atoms with E-state index in [1.54, 1.807) is 0 Å². The van der Waals surface area contributed by atoms with Crippen LogP contribution in [0.1, 0.15) is 97.3 Å². The fourth-order valence-corrected chi connectivity index (χ4v) is 3.64. The topological polar surface area (TPSA) is 77.4 Å². The fraction of sp³-hybridized carbons (Fsp3) is 1.00. The molecule has 0 spiro atoms. The Morgan fingerprint density at radius 3 is 1.70 bits per heavy atom. The summed E-state index contributed by atoms with van der Waals surface area (Å²) in [6, 6.07) is 0. The van der Waals surface area contributed by atoms with Crippen molar-refractivity contribution in [2.45, 2.75) is 109 Å². The quantitative estimate of drug-likeness (QED) is 0.267. The van der Waals surface area contributed by atoms with Gasteiger partial charge in [-0.15, -0.1) is 0 Å². The summed E-state index contributed by atoms with van der Waals surface area (Å²) < 4.78 is 33.5. The summed E-state index contributed by atoms with van der Waals surface area (Å²) in [5.41, 5.74) is 0. The van der Waals surface area contributed by atoms with Crippen LogP contribution in [0, 0.1) is 0 Å². The van der Waals surface area contributed by atoms with Crippen molar-refractivity contribution in [3.8, 4) is 0 Å². The van der Waals surface area contributed by atoms with Gasteiger partial charge in [0.2, 0.25) is 0 Å². The monoisotopic (exact) mass is 374 g/mol. The van der Waals surface area contributed by atoms with E-state index >= 15 is 0 Å². The van der Waals surface area contributed by atoms with Crippen molar-refractivity contribution in [1.82, 2.24) is 0 Å². The average Bonchev–Trinajstić information content (AvgIpc) is 2.45. The van der Waals surface area contributed by atoms with E-state index in [1.165, 1.54) is 0 Å². The van der Waals surface area contributed by atoms with Gasteiger partial charge in [-0.1, -0.05) is 71.6 Å². The molecule has 0 saturated carbocycles. The second-order valence-electron chi connectivity index (χ2n) is 6.40. The maximum atomic E-state index is 11.2. The maximum absolute atomic E-state index is 11.2. The SMILES string of the molecule is CCCCC(O)CCCCCCCC(CCCC)S(=O)(=O)[O-].[K+]. The number of rotatable bonds is 15. The summed E-state index contributed by atoms with van der Waals surface area (Å²) in [6.45, 7) is 4.13. The average molecular weight is 375 g/mol. The maximum Gasteiger partial charge on any atom is 1.00 e. The van der Waals surface area contributed by atoms with E-state index in [4.69, 9.17) is 0 Å². The molecule has 0 aromatic carbocycles. The van der Waals surface area contributed by atoms with Gasteiger partial charge in [-0.25, -0.2) is 8.42 Å². The number of unbranched alkanes of at least 4 members (excludes halogenated alkanes) is 6. The van der Waals surface area contributed by atoms with Crippen LogP contribution < -0.4 is 51.4 Å². The molecule has 2 atom stereocenters. The predicted octanol–water partition coefficient (Wildman–Crippen LogP) is 1.38. The van der Waals surface area contributed by atoms with Crippen LogP contribution in [0.2, 0.25) is 0 Å². The van der Waals surface area contributed by atoms with E-state index < -0.39 is 15.4 Å². The predicted molar refractivity (Wildman–Crippen MR) is 90.9 cm³/mol. The van der Waals surface area contributed by atoms with Gasteiger partial charge in [-0.05, 0) is 25.7 Å². The van der Waals surface area contributed by atoms with Crippen LogP contribution in [-0.4, -0.2) is 29.4 Å². The third-order valence-electron chi connectivity index (χ3n) is 4.24. The Balaban J connectivity index is 0. The number of hydrogen-bond donors (Lipinski definition) is 1. The van der Waals surface area contributed by atoms with E-state index in [2.05, 4.69) is 6.92 Å². The van der Waals surface area contributed by atoms with E-state index in [9.17, 15) is 18.1 Å². The first-order valence-electron chi connectivity index (χ1n) is 9.04. The van der Waals surface area contributed by atoms with E-state index in [1.807, 2.05) is 6.92 Å². The Bertz CT molecular complexity index is 347. The minimum Gasteiger partial charge on any atom is -0.748 e. The second kappa shape index (κ2) is 16.9. The number of aliphatic hydroxyl groups is 1. The molecule has 0 radical (unpaired) electrons. The zero-order valence-corrected chi connectivity index (χ0v) is 19.4. The van der Waals surface area contributed by atoms with Crippen LogP contribution >= 0.6 is 0 Å². The van der Waals surface area contributed by atoms with E-state index in [0.717, 1.165) is 70.6 Å². The summed E-state index contributed by atoms with van der Waals surface area (Å²) >= 11 is 0. The van der Waals surface area contributed by atoms with Gasteiger partial charge in [-0.2, -0.15) is 0 Å². The molecule has 23 heavy (non-hydrogen) atoms. The molecule has 6 heteroatoms. The van der Waals surface area contributed by atoms with Crippen molar-refractivity contribution in [2.24, 2.45) is 0 Å². The van der Waals surface area contributed by atoms with Crippen LogP contribution in [0.25, 0.3) is 0 Å². The molecular formula is C17H35KO4S. The van der Waals surface area contributed by atoms with Crippen LogP contribution in [0.4, 0.5) is 0 Å². The summed E-state index contributed by atoms with van der Waals surface area (Å²) in [6.07, 6.45) is 11.5.